The van der Waals surface area contributed by atoms with Crippen LogP contribution in [0.4, 0.5) is 0 Å². The summed E-state index contributed by atoms with van der Waals surface area (Å²) in [4.78, 5) is 4.19. The van der Waals surface area contributed by atoms with Gasteiger partial charge in [0.05, 0.1) is 19.9 Å². The first-order valence-electron chi connectivity index (χ1n) is 4.86. The summed E-state index contributed by atoms with van der Waals surface area (Å²) in [5.41, 5.74) is 1.58. The molecule has 0 fully saturated rings. The fraction of sp³-hybridized carbons (Fsp3) is 0.250. The Morgan fingerprint density at radius 3 is 2.56 bits per heavy atom. The lowest BCUT2D eigenvalue weighted by Crippen LogP contribution is -2.02. The Morgan fingerprint density at radius 2 is 2.00 bits per heavy atom. The minimum atomic E-state index is 0.448. The second-order valence-electron chi connectivity index (χ2n) is 3.34. The normalized spacial score (nSPS) is 14.4. The highest BCUT2D eigenvalue weighted by molar-refractivity contribution is 5.96. The summed E-state index contributed by atoms with van der Waals surface area (Å²) in [6.45, 7) is 4.19. The molecule has 0 unspecified atom stereocenters. The highest BCUT2D eigenvalue weighted by atomic mass is 16.5. The number of methoxy groups -OCH3 is 2. The third kappa shape index (κ3) is 1.86. The van der Waals surface area contributed by atoms with Gasteiger partial charge in [0.1, 0.15) is 6.61 Å². The van der Waals surface area contributed by atoms with E-state index in [0.717, 1.165) is 11.3 Å². The molecule has 4 heteroatoms. The first-order valence-corrected chi connectivity index (χ1v) is 4.86. The van der Waals surface area contributed by atoms with Crippen LogP contribution in [0.1, 0.15) is 5.56 Å². The molecule has 1 aromatic carbocycles. The lowest BCUT2D eigenvalue weighted by molar-refractivity contribution is 0.352. The molecule has 16 heavy (non-hydrogen) atoms. The Morgan fingerprint density at radius 1 is 1.25 bits per heavy atom. The lowest BCUT2D eigenvalue weighted by Gasteiger charge is -2.09. The Bertz CT molecular complexity index is 452. The van der Waals surface area contributed by atoms with E-state index in [-0.39, 0.29) is 0 Å². The van der Waals surface area contributed by atoms with E-state index >= 15 is 0 Å². The molecule has 0 amide bonds. The summed E-state index contributed by atoms with van der Waals surface area (Å²) in [6.07, 6.45) is 0. The molecule has 0 saturated heterocycles. The van der Waals surface area contributed by atoms with Crippen LogP contribution in [0, 0.1) is 0 Å². The summed E-state index contributed by atoms with van der Waals surface area (Å²) < 4.78 is 15.7. The SMILES string of the molecule is C=C1COC(c2ccc(OC)c(OC)c2)=N1. The van der Waals surface area contributed by atoms with Crippen molar-refractivity contribution in [3.63, 3.8) is 0 Å². The van der Waals surface area contributed by atoms with Gasteiger partial charge in [-0.05, 0) is 18.2 Å². The zero-order valence-corrected chi connectivity index (χ0v) is 9.32. The van der Waals surface area contributed by atoms with Crippen molar-refractivity contribution < 1.29 is 14.2 Å². The molecule has 0 radical (unpaired) electrons. The Hall–Kier alpha value is -1.97. The summed E-state index contributed by atoms with van der Waals surface area (Å²) >= 11 is 0. The number of nitrogens with zero attached hydrogens (tertiary/aromatic N) is 1. The third-order valence-electron chi connectivity index (χ3n) is 2.27. The number of benzene rings is 1. The lowest BCUT2D eigenvalue weighted by atomic mass is 10.2. The van der Waals surface area contributed by atoms with Gasteiger partial charge in [-0.1, -0.05) is 6.58 Å². The number of hydrogen-bond donors (Lipinski definition) is 0. The van der Waals surface area contributed by atoms with Gasteiger partial charge in [0.15, 0.2) is 11.5 Å². The summed E-state index contributed by atoms with van der Waals surface area (Å²) in [5, 5.41) is 0. The smallest absolute Gasteiger partial charge is 0.221 e. The maximum Gasteiger partial charge on any atom is 0.221 e. The number of ether oxygens (including phenoxy) is 3. The minimum absolute atomic E-state index is 0.448. The fourth-order valence-electron chi connectivity index (χ4n) is 1.48. The van der Waals surface area contributed by atoms with Gasteiger partial charge in [-0.3, -0.25) is 0 Å². The van der Waals surface area contributed by atoms with Gasteiger partial charge >= 0.3 is 0 Å². The topological polar surface area (TPSA) is 40.0 Å². The molecule has 4 nitrogen and oxygen atoms in total. The molecule has 0 saturated carbocycles. The van der Waals surface area contributed by atoms with Gasteiger partial charge in [0, 0.05) is 5.56 Å². The molecule has 0 atom stereocenters. The molecule has 1 heterocycles. The Labute approximate surface area is 94.2 Å². The predicted octanol–water partition coefficient (Wildman–Crippen LogP) is 1.99. The molecule has 0 spiro atoms. The predicted molar refractivity (Wildman–Crippen MR) is 61.2 cm³/mol. The van der Waals surface area contributed by atoms with Crippen LogP contribution in [0.2, 0.25) is 0 Å². The molecule has 2 rings (SSSR count). The van der Waals surface area contributed by atoms with Crippen molar-refractivity contribution in [1.29, 1.82) is 0 Å². The molecule has 1 aliphatic rings. The van der Waals surface area contributed by atoms with E-state index in [9.17, 15) is 0 Å². The molecular weight excluding hydrogens is 206 g/mol. The van der Waals surface area contributed by atoms with E-state index in [0.29, 0.717) is 24.0 Å². The average molecular weight is 219 g/mol. The monoisotopic (exact) mass is 219 g/mol. The first-order chi connectivity index (χ1) is 7.74. The first kappa shape index (κ1) is 10.5. The quantitative estimate of drug-likeness (QED) is 0.780. The van der Waals surface area contributed by atoms with E-state index in [1.165, 1.54) is 0 Å². The van der Waals surface area contributed by atoms with Crippen molar-refractivity contribution in [3.05, 3.63) is 36.0 Å². The highest BCUT2D eigenvalue weighted by Crippen LogP contribution is 2.28. The second kappa shape index (κ2) is 4.26. The van der Waals surface area contributed by atoms with Gasteiger partial charge in [-0.25, -0.2) is 4.99 Å². The third-order valence-corrected chi connectivity index (χ3v) is 2.27. The molecule has 84 valence electrons. The van der Waals surface area contributed by atoms with Crippen LogP contribution in [0.5, 0.6) is 11.5 Å². The van der Waals surface area contributed by atoms with Crippen LogP contribution in [0.25, 0.3) is 0 Å². The summed E-state index contributed by atoms with van der Waals surface area (Å²) in [5.74, 6) is 1.92. The van der Waals surface area contributed by atoms with E-state index in [1.807, 2.05) is 18.2 Å². The van der Waals surface area contributed by atoms with Crippen molar-refractivity contribution in [2.24, 2.45) is 4.99 Å². The van der Waals surface area contributed by atoms with Crippen molar-refractivity contribution in [3.8, 4) is 11.5 Å². The molecule has 0 aromatic heterocycles. The van der Waals surface area contributed by atoms with Gasteiger partial charge in [0.25, 0.3) is 0 Å². The van der Waals surface area contributed by atoms with Crippen LogP contribution < -0.4 is 9.47 Å². The maximum absolute atomic E-state index is 5.38. The van der Waals surface area contributed by atoms with E-state index < -0.39 is 0 Å². The molecule has 1 aliphatic heterocycles. The standard InChI is InChI=1S/C12H13NO3/c1-8-7-16-12(13-8)9-4-5-10(14-2)11(6-9)15-3/h4-6H,1,7H2,2-3H3. The summed E-state index contributed by atoms with van der Waals surface area (Å²) in [7, 11) is 3.20. The largest absolute Gasteiger partial charge is 0.493 e. The number of hydrogen-bond acceptors (Lipinski definition) is 4. The fourth-order valence-corrected chi connectivity index (χ4v) is 1.48. The molecule has 0 bridgehead atoms. The molecule has 0 N–H and O–H groups in total. The Balaban J connectivity index is 2.36. The van der Waals surface area contributed by atoms with Crippen molar-refractivity contribution in [2.45, 2.75) is 0 Å². The van der Waals surface area contributed by atoms with E-state index in [4.69, 9.17) is 14.2 Å². The number of rotatable bonds is 3. The van der Waals surface area contributed by atoms with Crippen LogP contribution in [0.3, 0.4) is 0 Å². The van der Waals surface area contributed by atoms with Crippen LogP contribution >= 0.6 is 0 Å². The van der Waals surface area contributed by atoms with Crippen LogP contribution in [-0.4, -0.2) is 26.7 Å². The summed E-state index contributed by atoms with van der Waals surface area (Å²) in [6, 6.07) is 5.52. The zero-order chi connectivity index (χ0) is 11.5. The van der Waals surface area contributed by atoms with Crippen molar-refractivity contribution in [2.75, 3.05) is 20.8 Å². The van der Waals surface area contributed by atoms with Crippen molar-refractivity contribution in [1.82, 2.24) is 0 Å². The molecule has 1 aromatic rings. The van der Waals surface area contributed by atoms with Crippen LogP contribution in [0.15, 0.2) is 35.5 Å². The van der Waals surface area contributed by atoms with Crippen LogP contribution in [-0.2, 0) is 4.74 Å². The average Bonchev–Trinajstić information content (AvgIpc) is 2.75. The van der Waals surface area contributed by atoms with E-state index in [2.05, 4.69) is 11.6 Å². The number of aliphatic imine (C=N–C) groups is 1. The maximum atomic E-state index is 5.38. The minimum Gasteiger partial charge on any atom is -0.493 e. The van der Waals surface area contributed by atoms with E-state index in [1.54, 1.807) is 14.2 Å². The Kier molecular flexibility index (Phi) is 2.81. The zero-order valence-electron chi connectivity index (χ0n) is 9.32. The molecular formula is C12H13NO3. The van der Waals surface area contributed by atoms with Gasteiger partial charge in [-0.2, -0.15) is 0 Å². The highest BCUT2D eigenvalue weighted by Gasteiger charge is 2.15. The van der Waals surface area contributed by atoms with Crippen molar-refractivity contribution >= 4 is 5.90 Å². The van der Waals surface area contributed by atoms with Gasteiger partial charge in [-0.15, -0.1) is 0 Å². The second-order valence-corrected chi connectivity index (χ2v) is 3.34. The van der Waals surface area contributed by atoms with Gasteiger partial charge < -0.3 is 14.2 Å². The molecule has 0 aliphatic carbocycles. The van der Waals surface area contributed by atoms with Gasteiger partial charge in [0.2, 0.25) is 5.90 Å².